The molecule has 1 aromatic carbocycles. The van der Waals surface area contributed by atoms with Crippen LogP contribution < -0.4 is 21.9 Å². The van der Waals surface area contributed by atoms with Crippen molar-refractivity contribution in [3.8, 4) is 5.69 Å². The third-order valence-electron chi connectivity index (χ3n) is 4.61. The Labute approximate surface area is 168 Å². The zero-order valence-corrected chi connectivity index (χ0v) is 15.0. The molecule has 1 aliphatic heterocycles. The summed E-state index contributed by atoms with van der Waals surface area (Å²) in [4.78, 5) is 51.4. The highest BCUT2D eigenvalue weighted by Gasteiger charge is 2.68. The zero-order chi connectivity index (χ0) is 22.6. The predicted octanol–water partition coefficient (Wildman–Crippen LogP) is 1.40. The molecule has 160 valence electrons. The maximum atomic E-state index is 14.2. The summed E-state index contributed by atoms with van der Waals surface area (Å²) in [5.41, 5.74) is -7.96. The van der Waals surface area contributed by atoms with Crippen molar-refractivity contribution >= 4 is 17.6 Å². The fourth-order valence-electron chi connectivity index (χ4n) is 3.25. The van der Waals surface area contributed by atoms with Gasteiger partial charge in [0.2, 0.25) is 0 Å². The maximum absolute atomic E-state index is 14.2. The first-order valence-corrected chi connectivity index (χ1v) is 8.46. The Balaban J connectivity index is 2.00. The fraction of sp³-hybridized carbons (Fsp3) is 0.111. The summed E-state index contributed by atoms with van der Waals surface area (Å²) in [6, 6.07) is 6.23. The Morgan fingerprint density at radius 2 is 1.77 bits per heavy atom. The summed E-state index contributed by atoms with van der Waals surface area (Å²) < 4.78 is 61.2. The Hall–Kier alpha value is -4.16. The number of carbonyl (C=O) groups is 2. The quantitative estimate of drug-likeness (QED) is 0.533. The minimum Gasteiger partial charge on any atom is -0.459 e. The van der Waals surface area contributed by atoms with Crippen LogP contribution in [-0.4, -0.2) is 27.5 Å². The van der Waals surface area contributed by atoms with Gasteiger partial charge in [-0.2, -0.15) is 13.2 Å². The molecule has 3 aromatic rings. The van der Waals surface area contributed by atoms with Crippen molar-refractivity contribution < 1.29 is 31.6 Å². The van der Waals surface area contributed by atoms with E-state index in [9.17, 15) is 36.7 Å². The average molecular weight is 438 g/mol. The van der Waals surface area contributed by atoms with E-state index in [1.165, 1.54) is 11.4 Å². The predicted molar refractivity (Wildman–Crippen MR) is 95.2 cm³/mol. The second kappa shape index (κ2) is 6.68. The Kier molecular flexibility index (Phi) is 4.34. The summed E-state index contributed by atoms with van der Waals surface area (Å²) in [5, 5.41) is 3.38. The number of rotatable bonds is 3. The van der Waals surface area contributed by atoms with Crippen LogP contribution in [0.2, 0.25) is 0 Å². The second-order valence-corrected chi connectivity index (χ2v) is 6.43. The van der Waals surface area contributed by atoms with Gasteiger partial charge in [0, 0.05) is 0 Å². The fourth-order valence-corrected chi connectivity index (χ4v) is 3.25. The van der Waals surface area contributed by atoms with E-state index in [0.717, 1.165) is 36.6 Å². The number of carbonyl (C=O) groups excluding carboxylic acids is 2. The Bertz CT molecular complexity index is 1310. The van der Waals surface area contributed by atoms with Crippen molar-refractivity contribution in [3.05, 3.63) is 80.6 Å². The van der Waals surface area contributed by atoms with Gasteiger partial charge in [-0.15, -0.1) is 0 Å². The highest BCUT2D eigenvalue weighted by atomic mass is 19.4. The topological polar surface area (TPSA) is 126 Å². The molecule has 3 N–H and O–H groups in total. The minimum absolute atomic E-state index is 0.144. The summed E-state index contributed by atoms with van der Waals surface area (Å²) in [6.45, 7) is 0. The molecule has 2 amide bonds. The van der Waals surface area contributed by atoms with Gasteiger partial charge in [0.25, 0.3) is 22.9 Å². The van der Waals surface area contributed by atoms with E-state index in [4.69, 9.17) is 4.42 Å². The number of aromatic amines is 1. The molecule has 2 aromatic heterocycles. The number of halogens is 4. The Morgan fingerprint density at radius 3 is 2.35 bits per heavy atom. The number of anilines is 1. The molecule has 31 heavy (non-hydrogen) atoms. The molecule has 0 fully saturated rings. The third kappa shape index (κ3) is 2.93. The Morgan fingerprint density at radius 1 is 1.10 bits per heavy atom. The normalized spacial score (nSPS) is 17.9. The van der Waals surface area contributed by atoms with Crippen molar-refractivity contribution in [2.24, 2.45) is 0 Å². The van der Waals surface area contributed by atoms with Crippen LogP contribution in [0.15, 0.2) is 56.7 Å². The molecule has 4 rings (SSSR count). The van der Waals surface area contributed by atoms with Crippen LogP contribution in [0.5, 0.6) is 0 Å². The molecule has 0 aliphatic carbocycles. The second-order valence-electron chi connectivity index (χ2n) is 6.43. The monoisotopic (exact) mass is 438 g/mol. The maximum Gasteiger partial charge on any atom is 0.425 e. The van der Waals surface area contributed by atoms with Gasteiger partial charge in [-0.25, -0.2) is 13.8 Å². The van der Waals surface area contributed by atoms with Crippen LogP contribution >= 0.6 is 0 Å². The highest BCUT2D eigenvalue weighted by Crippen LogP contribution is 2.45. The molecule has 1 atom stereocenters. The first-order valence-electron chi connectivity index (χ1n) is 8.46. The van der Waals surface area contributed by atoms with Crippen molar-refractivity contribution in [3.63, 3.8) is 0 Å². The van der Waals surface area contributed by atoms with Gasteiger partial charge in [-0.1, -0.05) is 0 Å². The number of nitrogens with zero attached hydrogens (tertiary/aromatic N) is 1. The SMILES string of the molecule is O=C(NC1(C(F)(F)F)C(=O)Nc2c1c(=O)[nH]c(=O)n2-c1ccc(F)cc1)c1ccco1. The van der Waals surface area contributed by atoms with E-state index in [-0.39, 0.29) is 5.69 Å². The molecule has 0 saturated heterocycles. The van der Waals surface area contributed by atoms with Gasteiger partial charge in [0.05, 0.1) is 12.0 Å². The number of aromatic nitrogens is 2. The van der Waals surface area contributed by atoms with Gasteiger partial charge < -0.3 is 15.1 Å². The van der Waals surface area contributed by atoms with Crippen molar-refractivity contribution in [2.75, 3.05) is 5.32 Å². The van der Waals surface area contributed by atoms with Crippen molar-refractivity contribution in [1.29, 1.82) is 0 Å². The number of hydrogen-bond donors (Lipinski definition) is 3. The lowest BCUT2D eigenvalue weighted by Gasteiger charge is -2.29. The van der Waals surface area contributed by atoms with E-state index in [0.29, 0.717) is 4.57 Å². The number of furan rings is 1. The van der Waals surface area contributed by atoms with Gasteiger partial charge in [0.1, 0.15) is 17.2 Å². The standard InChI is InChI=1S/C18H10F4N4O5/c19-8-3-5-9(6-4-8)26-12-11(14(28)24-16(26)30)17(15(29)23-12,18(20,21)22)25-13(27)10-2-1-7-31-10/h1-7H,(H,23,29)(H,25,27)(H,24,28,30). The van der Waals surface area contributed by atoms with Gasteiger partial charge >= 0.3 is 11.9 Å². The molecule has 1 aliphatic rings. The van der Waals surface area contributed by atoms with Gasteiger partial charge in [-0.3, -0.25) is 19.4 Å². The van der Waals surface area contributed by atoms with Crippen LogP contribution in [0.25, 0.3) is 5.69 Å². The number of nitrogens with one attached hydrogen (secondary N) is 3. The molecule has 9 nitrogen and oxygen atoms in total. The van der Waals surface area contributed by atoms with Crippen LogP contribution in [0.3, 0.4) is 0 Å². The average Bonchev–Trinajstić information content (AvgIpc) is 3.30. The van der Waals surface area contributed by atoms with E-state index in [2.05, 4.69) is 0 Å². The lowest BCUT2D eigenvalue weighted by atomic mass is 9.91. The minimum atomic E-state index is -5.50. The number of alkyl halides is 3. The highest BCUT2D eigenvalue weighted by molar-refractivity contribution is 6.09. The molecule has 3 heterocycles. The zero-order valence-electron chi connectivity index (χ0n) is 15.0. The van der Waals surface area contributed by atoms with Gasteiger partial charge in [-0.05, 0) is 36.4 Å². The molecular formula is C18H10F4N4O5. The molecule has 1 unspecified atom stereocenters. The summed E-state index contributed by atoms with van der Waals surface area (Å²) in [7, 11) is 0. The van der Waals surface area contributed by atoms with Crippen LogP contribution in [0, 0.1) is 5.82 Å². The molecule has 13 heteroatoms. The van der Waals surface area contributed by atoms with Crippen molar-refractivity contribution in [2.45, 2.75) is 11.7 Å². The molecular weight excluding hydrogens is 428 g/mol. The van der Waals surface area contributed by atoms with Gasteiger partial charge in [0.15, 0.2) is 5.76 Å². The van der Waals surface area contributed by atoms with Crippen molar-refractivity contribution in [1.82, 2.24) is 14.9 Å². The van der Waals surface area contributed by atoms with E-state index < -0.39 is 57.7 Å². The van der Waals surface area contributed by atoms with Crippen LogP contribution in [-0.2, 0) is 10.3 Å². The van der Waals surface area contributed by atoms with E-state index in [1.807, 2.05) is 5.32 Å². The summed E-state index contributed by atoms with van der Waals surface area (Å²) in [5.74, 6) is -5.31. The van der Waals surface area contributed by atoms with Crippen LogP contribution in [0.4, 0.5) is 23.4 Å². The lowest BCUT2D eigenvalue weighted by molar-refractivity contribution is -0.196. The summed E-state index contributed by atoms with van der Waals surface area (Å²) in [6.07, 6.45) is -4.47. The number of hydrogen-bond acceptors (Lipinski definition) is 5. The molecule has 0 spiro atoms. The first kappa shape index (κ1) is 20.1. The number of benzene rings is 1. The van der Waals surface area contributed by atoms with E-state index in [1.54, 1.807) is 4.98 Å². The number of fused-ring (bicyclic) bond motifs is 1. The number of amides is 2. The van der Waals surface area contributed by atoms with E-state index >= 15 is 0 Å². The largest absolute Gasteiger partial charge is 0.459 e. The molecule has 0 radical (unpaired) electrons. The third-order valence-corrected chi connectivity index (χ3v) is 4.61. The summed E-state index contributed by atoms with van der Waals surface area (Å²) >= 11 is 0. The number of H-pyrrole nitrogens is 1. The van der Waals surface area contributed by atoms with Crippen LogP contribution in [0.1, 0.15) is 16.1 Å². The molecule has 0 saturated carbocycles. The first-order chi connectivity index (χ1) is 14.6. The smallest absolute Gasteiger partial charge is 0.425 e. The lowest BCUT2D eigenvalue weighted by Crippen LogP contribution is -2.62. The molecule has 0 bridgehead atoms.